The lowest BCUT2D eigenvalue weighted by atomic mass is 10.2. The van der Waals surface area contributed by atoms with E-state index in [2.05, 4.69) is 23.7 Å². The largest absolute Gasteiger partial charge is 0.325 e. The van der Waals surface area contributed by atoms with Crippen molar-refractivity contribution in [1.82, 2.24) is 14.2 Å². The second kappa shape index (κ2) is 6.83. The molecule has 1 aromatic rings. The fraction of sp³-hybridized carbons (Fsp3) is 0.643. The van der Waals surface area contributed by atoms with Crippen molar-refractivity contribution in [2.75, 3.05) is 26.2 Å². The third kappa shape index (κ3) is 3.42. The highest BCUT2D eigenvalue weighted by molar-refractivity contribution is 7.89. The van der Waals surface area contributed by atoms with Gasteiger partial charge in [0.25, 0.3) is 0 Å². The Labute approximate surface area is 127 Å². The molecule has 0 amide bonds. The van der Waals surface area contributed by atoms with Crippen molar-refractivity contribution in [2.24, 2.45) is 5.73 Å². The van der Waals surface area contributed by atoms with Crippen molar-refractivity contribution in [1.29, 1.82) is 0 Å². The topological polar surface area (TPSA) is 79.5 Å². The summed E-state index contributed by atoms with van der Waals surface area (Å²) in [6.45, 7) is 7.55. The van der Waals surface area contributed by atoms with Crippen LogP contribution < -0.4 is 5.73 Å². The molecule has 21 heavy (non-hydrogen) atoms. The number of rotatable bonds is 6. The molecule has 2 rings (SSSR count). The highest BCUT2D eigenvalue weighted by Gasteiger charge is 2.34. The number of pyridine rings is 1. The number of hydrogen-bond acceptors (Lipinski definition) is 5. The van der Waals surface area contributed by atoms with Crippen molar-refractivity contribution in [3.63, 3.8) is 0 Å². The van der Waals surface area contributed by atoms with Crippen LogP contribution in [0.15, 0.2) is 23.2 Å². The average Bonchev–Trinajstić information content (AvgIpc) is 2.99. The summed E-state index contributed by atoms with van der Waals surface area (Å²) in [7, 11) is -3.44. The number of sulfonamides is 1. The standard InChI is InChI=1S/C14H24N4O2S/c1-3-17(4-2)13-7-8-18(11-13)21(19,20)14-6-5-12(9-15)16-10-14/h5-6,10,13H,3-4,7-9,11,15H2,1-2H3. The van der Waals surface area contributed by atoms with Crippen molar-refractivity contribution in [3.8, 4) is 0 Å². The van der Waals surface area contributed by atoms with E-state index < -0.39 is 10.0 Å². The molecule has 0 spiro atoms. The first-order chi connectivity index (χ1) is 10.0. The number of aromatic nitrogens is 1. The van der Waals surface area contributed by atoms with Crippen molar-refractivity contribution in [3.05, 3.63) is 24.0 Å². The molecule has 1 fully saturated rings. The van der Waals surface area contributed by atoms with E-state index in [1.807, 2.05) is 0 Å². The highest BCUT2D eigenvalue weighted by atomic mass is 32.2. The van der Waals surface area contributed by atoms with Crippen molar-refractivity contribution < 1.29 is 8.42 Å². The van der Waals surface area contributed by atoms with Crippen LogP contribution in [-0.4, -0.2) is 54.8 Å². The maximum atomic E-state index is 12.6. The summed E-state index contributed by atoms with van der Waals surface area (Å²) in [5.41, 5.74) is 6.18. The molecule has 7 heteroatoms. The molecule has 118 valence electrons. The van der Waals surface area contributed by atoms with E-state index in [-0.39, 0.29) is 4.90 Å². The predicted octanol–water partition coefficient (Wildman–Crippen LogP) is 0.645. The summed E-state index contributed by atoms with van der Waals surface area (Å²) in [5.74, 6) is 0. The van der Waals surface area contributed by atoms with Crippen LogP contribution in [0.25, 0.3) is 0 Å². The molecule has 1 aromatic heterocycles. The molecular formula is C14H24N4O2S. The van der Waals surface area contributed by atoms with Gasteiger partial charge in [-0.1, -0.05) is 13.8 Å². The average molecular weight is 312 g/mol. The van der Waals surface area contributed by atoms with Crippen LogP contribution in [0.1, 0.15) is 26.0 Å². The summed E-state index contributed by atoms with van der Waals surface area (Å²) >= 11 is 0. The van der Waals surface area contributed by atoms with Gasteiger partial charge in [0, 0.05) is 31.9 Å². The van der Waals surface area contributed by atoms with Gasteiger partial charge >= 0.3 is 0 Å². The molecule has 1 atom stereocenters. The van der Waals surface area contributed by atoms with Gasteiger partial charge in [-0.3, -0.25) is 9.88 Å². The predicted molar refractivity (Wildman–Crippen MR) is 82.2 cm³/mol. The minimum Gasteiger partial charge on any atom is -0.325 e. The number of nitrogens with zero attached hydrogens (tertiary/aromatic N) is 3. The van der Waals surface area contributed by atoms with Crippen LogP contribution in [0.5, 0.6) is 0 Å². The molecular weight excluding hydrogens is 288 g/mol. The van der Waals surface area contributed by atoms with E-state index in [1.165, 1.54) is 6.20 Å². The maximum absolute atomic E-state index is 12.6. The van der Waals surface area contributed by atoms with E-state index in [1.54, 1.807) is 16.4 Å². The Balaban J connectivity index is 2.13. The Hall–Kier alpha value is -1.02. The monoisotopic (exact) mass is 312 g/mol. The third-order valence-electron chi connectivity index (χ3n) is 4.10. The van der Waals surface area contributed by atoms with Crippen molar-refractivity contribution >= 4 is 10.0 Å². The van der Waals surface area contributed by atoms with E-state index in [0.29, 0.717) is 31.4 Å². The molecule has 2 N–H and O–H groups in total. The number of nitrogens with two attached hydrogens (primary N) is 1. The Morgan fingerprint density at radius 2 is 2.10 bits per heavy atom. The molecule has 1 unspecified atom stereocenters. The second-order valence-electron chi connectivity index (χ2n) is 5.22. The molecule has 0 radical (unpaired) electrons. The lowest BCUT2D eigenvalue weighted by Gasteiger charge is -2.26. The molecule has 2 heterocycles. The van der Waals surface area contributed by atoms with Gasteiger partial charge in [-0.2, -0.15) is 4.31 Å². The van der Waals surface area contributed by atoms with Gasteiger partial charge in [0.1, 0.15) is 4.90 Å². The van der Waals surface area contributed by atoms with Gasteiger partial charge in [-0.15, -0.1) is 0 Å². The molecule has 1 saturated heterocycles. The Morgan fingerprint density at radius 1 is 1.38 bits per heavy atom. The number of likely N-dealkylation sites (N-methyl/N-ethyl adjacent to an activating group) is 1. The molecule has 0 aromatic carbocycles. The Morgan fingerprint density at radius 3 is 2.62 bits per heavy atom. The molecule has 0 saturated carbocycles. The smallest absolute Gasteiger partial charge is 0.244 e. The summed E-state index contributed by atoms with van der Waals surface area (Å²) in [4.78, 5) is 6.64. The number of hydrogen-bond donors (Lipinski definition) is 1. The lowest BCUT2D eigenvalue weighted by molar-refractivity contribution is 0.224. The first kappa shape index (κ1) is 16.4. The Bertz CT molecular complexity index is 555. The normalized spacial score (nSPS) is 20.3. The van der Waals surface area contributed by atoms with Crippen LogP contribution in [0.3, 0.4) is 0 Å². The van der Waals surface area contributed by atoms with E-state index >= 15 is 0 Å². The molecule has 1 aliphatic heterocycles. The third-order valence-corrected chi connectivity index (χ3v) is 5.95. The SMILES string of the molecule is CCN(CC)C1CCN(S(=O)(=O)c2ccc(CN)nc2)C1. The summed E-state index contributed by atoms with van der Waals surface area (Å²) in [6, 6.07) is 3.58. The second-order valence-corrected chi connectivity index (χ2v) is 7.15. The zero-order valence-electron chi connectivity index (χ0n) is 12.7. The van der Waals surface area contributed by atoms with E-state index in [4.69, 9.17) is 5.73 Å². The fourth-order valence-electron chi connectivity index (χ4n) is 2.80. The summed E-state index contributed by atoms with van der Waals surface area (Å²) < 4.78 is 26.8. The van der Waals surface area contributed by atoms with Crippen LogP contribution in [0.4, 0.5) is 0 Å². The zero-order valence-corrected chi connectivity index (χ0v) is 13.5. The van der Waals surface area contributed by atoms with Crippen LogP contribution in [-0.2, 0) is 16.6 Å². The molecule has 0 aliphatic carbocycles. The quantitative estimate of drug-likeness (QED) is 0.834. The van der Waals surface area contributed by atoms with E-state index in [9.17, 15) is 8.42 Å². The Kier molecular flexibility index (Phi) is 5.32. The first-order valence-electron chi connectivity index (χ1n) is 7.42. The molecule has 0 bridgehead atoms. The lowest BCUT2D eigenvalue weighted by Crippen LogP contribution is -2.38. The van der Waals surface area contributed by atoms with Gasteiger partial charge in [0.15, 0.2) is 0 Å². The summed E-state index contributed by atoms with van der Waals surface area (Å²) in [5, 5.41) is 0. The minimum absolute atomic E-state index is 0.250. The van der Waals surface area contributed by atoms with E-state index in [0.717, 1.165) is 19.5 Å². The van der Waals surface area contributed by atoms with Gasteiger partial charge in [0.2, 0.25) is 10.0 Å². The van der Waals surface area contributed by atoms with Gasteiger partial charge in [-0.05, 0) is 31.6 Å². The van der Waals surface area contributed by atoms with Crippen LogP contribution in [0, 0.1) is 0 Å². The van der Waals surface area contributed by atoms with Crippen LogP contribution in [0.2, 0.25) is 0 Å². The highest BCUT2D eigenvalue weighted by Crippen LogP contribution is 2.23. The fourth-order valence-corrected chi connectivity index (χ4v) is 4.24. The molecule has 1 aliphatic rings. The van der Waals surface area contributed by atoms with Gasteiger partial charge < -0.3 is 5.73 Å². The maximum Gasteiger partial charge on any atom is 0.244 e. The zero-order chi connectivity index (χ0) is 15.5. The minimum atomic E-state index is -3.44. The van der Waals surface area contributed by atoms with Gasteiger partial charge in [-0.25, -0.2) is 8.42 Å². The van der Waals surface area contributed by atoms with Crippen molar-refractivity contribution in [2.45, 2.75) is 37.8 Å². The van der Waals surface area contributed by atoms with Crippen LogP contribution >= 0.6 is 0 Å². The first-order valence-corrected chi connectivity index (χ1v) is 8.86. The summed E-state index contributed by atoms with van der Waals surface area (Å²) in [6.07, 6.45) is 2.29. The molecule has 6 nitrogen and oxygen atoms in total. The van der Waals surface area contributed by atoms with Gasteiger partial charge in [0.05, 0.1) is 5.69 Å².